The molecule has 0 aliphatic rings. The van der Waals surface area contributed by atoms with Gasteiger partial charge in [0, 0.05) is 12.3 Å². The van der Waals surface area contributed by atoms with Gasteiger partial charge in [0.2, 0.25) is 5.78 Å². The molecule has 0 saturated heterocycles. The number of hydrogen-bond donors (Lipinski definition) is 2. The fourth-order valence-corrected chi connectivity index (χ4v) is 2.19. The fourth-order valence-electron chi connectivity index (χ4n) is 2.19. The van der Waals surface area contributed by atoms with Crippen LogP contribution in [-0.2, 0) is 9.53 Å². The number of hydrogen-bond acceptors (Lipinski definition) is 5. The first-order valence-corrected chi connectivity index (χ1v) is 7.63. The molecule has 136 valence electrons. The summed E-state index contributed by atoms with van der Waals surface area (Å²) in [7, 11) is 1.21. The molecule has 0 fully saturated rings. The van der Waals surface area contributed by atoms with E-state index in [1.165, 1.54) is 43.5 Å². The van der Waals surface area contributed by atoms with E-state index in [2.05, 4.69) is 10.1 Å². The third-order valence-electron chi connectivity index (χ3n) is 3.59. The molecule has 0 radical (unpaired) electrons. The van der Waals surface area contributed by atoms with E-state index in [0.29, 0.717) is 6.08 Å². The number of carbonyl (C=O) groups is 2. The second kappa shape index (κ2) is 8.35. The average molecular weight is 361 g/mol. The number of carbonyl (C=O) groups excluding carboxylic acids is 2. The number of benzene rings is 2. The molecular weight excluding hydrogens is 344 g/mol. The highest BCUT2D eigenvalue weighted by Gasteiger charge is 2.45. The summed E-state index contributed by atoms with van der Waals surface area (Å²) in [6, 6.07) is 13.4. The lowest BCUT2D eigenvalue weighted by Crippen LogP contribution is -2.34. The zero-order chi connectivity index (χ0) is 19.2. The second-order valence-corrected chi connectivity index (χ2v) is 5.32. The fraction of sp³-hybridized carbons (Fsp3) is 0.158. The second-order valence-electron chi connectivity index (χ2n) is 5.32. The van der Waals surface area contributed by atoms with Gasteiger partial charge in [-0.1, -0.05) is 42.5 Å². The van der Waals surface area contributed by atoms with Gasteiger partial charge in [-0.25, -0.2) is 4.79 Å². The van der Waals surface area contributed by atoms with Crippen LogP contribution in [0.3, 0.4) is 0 Å². The van der Waals surface area contributed by atoms with Crippen LogP contribution in [0.5, 0.6) is 0 Å². The topological polar surface area (TPSA) is 75.6 Å². The molecule has 1 atom stereocenters. The molecule has 0 spiro atoms. The Labute approximate surface area is 148 Å². The number of rotatable bonds is 7. The van der Waals surface area contributed by atoms with Gasteiger partial charge in [-0.3, -0.25) is 4.79 Å². The van der Waals surface area contributed by atoms with Gasteiger partial charge in [0.05, 0.1) is 18.4 Å². The van der Waals surface area contributed by atoms with Crippen LogP contribution in [0, 0.1) is 0 Å². The molecule has 0 aliphatic heterocycles. The summed E-state index contributed by atoms with van der Waals surface area (Å²) >= 11 is 0. The van der Waals surface area contributed by atoms with E-state index in [-0.39, 0.29) is 16.8 Å². The summed E-state index contributed by atoms with van der Waals surface area (Å²) in [6.45, 7) is 0. The van der Waals surface area contributed by atoms with Gasteiger partial charge in [-0.2, -0.15) is 8.78 Å². The van der Waals surface area contributed by atoms with Crippen molar-refractivity contribution in [2.75, 3.05) is 12.4 Å². The molecule has 2 aromatic carbocycles. The predicted octanol–water partition coefficient (Wildman–Crippen LogP) is 3.34. The highest BCUT2D eigenvalue weighted by molar-refractivity contribution is 5.98. The maximum atomic E-state index is 14.1. The van der Waals surface area contributed by atoms with E-state index in [1.54, 1.807) is 18.2 Å². The number of ether oxygens (including phenoxy) is 1. The van der Waals surface area contributed by atoms with Crippen molar-refractivity contribution in [1.29, 1.82) is 0 Å². The first kappa shape index (κ1) is 19.3. The van der Waals surface area contributed by atoms with Crippen LogP contribution in [0.25, 0.3) is 0 Å². The third kappa shape index (κ3) is 4.31. The Bertz CT molecular complexity index is 806. The Morgan fingerprint density at radius 2 is 1.73 bits per heavy atom. The van der Waals surface area contributed by atoms with E-state index >= 15 is 0 Å². The van der Waals surface area contributed by atoms with Gasteiger partial charge in [-0.15, -0.1) is 0 Å². The van der Waals surface area contributed by atoms with Crippen molar-refractivity contribution in [2.45, 2.75) is 12.0 Å². The Morgan fingerprint density at radius 1 is 1.12 bits per heavy atom. The first-order chi connectivity index (χ1) is 12.4. The van der Waals surface area contributed by atoms with Crippen molar-refractivity contribution < 1.29 is 28.2 Å². The molecule has 2 N–H and O–H groups in total. The monoisotopic (exact) mass is 361 g/mol. The van der Waals surface area contributed by atoms with Crippen LogP contribution >= 0.6 is 0 Å². The maximum Gasteiger partial charge on any atom is 0.339 e. The van der Waals surface area contributed by atoms with Gasteiger partial charge in [0.1, 0.15) is 0 Å². The van der Waals surface area contributed by atoms with Crippen molar-refractivity contribution >= 4 is 17.4 Å². The highest BCUT2D eigenvalue weighted by Crippen LogP contribution is 2.32. The van der Waals surface area contributed by atoms with Crippen molar-refractivity contribution in [3.05, 3.63) is 78.0 Å². The lowest BCUT2D eigenvalue weighted by atomic mass is 10.0. The van der Waals surface area contributed by atoms with E-state index in [9.17, 15) is 23.5 Å². The SMILES string of the molecule is COC(=O)c1ccccc1N/C=C\C(=O)C(F)(F)C(O)c1ccccc1. The van der Waals surface area contributed by atoms with Crippen molar-refractivity contribution in [1.82, 2.24) is 0 Å². The number of aliphatic hydroxyl groups is 1. The summed E-state index contributed by atoms with van der Waals surface area (Å²) in [6.07, 6.45) is -0.668. The van der Waals surface area contributed by atoms with Crippen LogP contribution < -0.4 is 5.32 Å². The van der Waals surface area contributed by atoms with Gasteiger partial charge in [0.25, 0.3) is 0 Å². The number of ketones is 1. The summed E-state index contributed by atoms with van der Waals surface area (Å²) < 4.78 is 32.9. The standard InChI is InChI=1S/C19H17F2NO4/c1-26-18(25)14-9-5-6-10-15(14)22-12-11-16(23)19(20,21)17(24)13-7-3-2-4-8-13/h2-12,17,22,24H,1H3/b12-11-. The summed E-state index contributed by atoms with van der Waals surface area (Å²) in [5.41, 5.74) is 0.404. The molecule has 2 rings (SSSR count). The number of esters is 1. The van der Waals surface area contributed by atoms with E-state index in [0.717, 1.165) is 6.20 Å². The minimum Gasteiger partial charge on any atom is -0.465 e. The van der Waals surface area contributed by atoms with Crippen LogP contribution in [0.2, 0.25) is 0 Å². The normalized spacial score (nSPS) is 12.6. The number of anilines is 1. The van der Waals surface area contributed by atoms with Crippen molar-refractivity contribution in [2.24, 2.45) is 0 Å². The van der Waals surface area contributed by atoms with Gasteiger partial charge in [-0.05, 0) is 17.7 Å². The van der Waals surface area contributed by atoms with Crippen LogP contribution in [-0.4, -0.2) is 29.9 Å². The Morgan fingerprint density at radius 3 is 2.38 bits per heavy atom. The molecule has 5 nitrogen and oxygen atoms in total. The third-order valence-corrected chi connectivity index (χ3v) is 3.59. The minimum absolute atomic E-state index is 0.0664. The summed E-state index contributed by atoms with van der Waals surface area (Å²) in [5.74, 6) is -6.18. The number of allylic oxidation sites excluding steroid dienone is 1. The van der Waals surface area contributed by atoms with Crippen molar-refractivity contribution in [3.8, 4) is 0 Å². The first-order valence-electron chi connectivity index (χ1n) is 7.63. The highest BCUT2D eigenvalue weighted by atomic mass is 19.3. The lowest BCUT2D eigenvalue weighted by molar-refractivity contribution is -0.156. The number of halogens is 2. The lowest BCUT2D eigenvalue weighted by Gasteiger charge is -2.20. The molecular formula is C19H17F2NO4. The van der Waals surface area contributed by atoms with Gasteiger partial charge in [0.15, 0.2) is 6.10 Å². The number of para-hydroxylation sites is 1. The molecule has 7 heteroatoms. The molecule has 0 bridgehead atoms. The largest absolute Gasteiger partial charge is 0.465 e. The molecule has 0 saturated carbocycles. The molecule has 0 amide bonds. The van der Waals surface area contributed by atoms with Crippen molar-refractivity contribution in [3.63, 3.8) is 0 Å². The quantitative estimate of drug-likeness (QED) is 0.584. The molecule has 26 heavy (non-hydrogen) atoms. The van der Waals surface area contributed by atoms with Gasteiger partial charge < -0.3 is 15.2 Å². The van der Waals surface area contributed by atoms with Crippen LogP contribution in [0.4, 0.5) is 14.5 Å². The Kier molecular flexibility index (Phi) is 6.19. The number of nitrogens with one attached hydrogen (secondary N) is 1. The number of alkyl halides is 2. The average Bonchev–Trinajstić information content (AvgIpc) is 2.67. The zero-order valence-corrected chi connectivity index (χ0v) is 13.9. The predicted molar refractivity (Wildman–Crippen MR) is 91.9 cm³/mol. The van der Waals surface area contributed by atoms with E-state index < -0.39 is 23.8 Å². The number of aliphatic hydroxyl groups excluding tert-OH is 1. The van der Waals surface area contributed by atoms with Crippen LogP contribution in [0.1, 0.15) is 22.0 Å². The maximum absolute atomic E-state index is 14.1. The summed E-state index contributed by atoms with van der Waals surface area (Å²) in [5, 5.41) is 12.4. The molecule has 0 heterocycles. The van der Waals surface area contributed by atoms with E-state index in [1.807, 2.05) is 0 Å². The molecule has 0 aliphatic carbocycles. The minimum atomic E-state index is -4.00. The Hall–Kier alpha value is -3.06. The van der Waals surface area contributed by atoms with Gasteiger partial charge >= 0.3 is 11.9 Å². The van der Waals surface area contributed by atoms with E-state index in [4.69, 9.17) is 0 Å². The molecule has 2 aromatic rings. The molecule has 1 unspecified atom stereocenters. The van der Waals surface area contributed by atoms with Crippen LogP contribution in [0.15, 0.2) is 66.9 Å². The smallest absolute Gasteiger partial charge is 0.339 e. The Balaban J connectivity index is 2.11. The summed E-state index contributed by atoms with van der Waals surface area (Å²) in [4.78, 5) is 23.4. The number of methoxy groups -OCH3 is 1. The zero-order valence-electron chi connectivity index (χ0n) is 13.9. The molecule has 0 aromatic heterocycles.